The van der Waals surface area contributed by atoms with Gasteiger partial charge in [0.1, 0.15) is 5.60 Å². The summed E-state index contributed by atoms with van der Waals surface area (Å²) in [5.41, 5.74) is -0.476. The van der Waals surface area contributed by atoms with Gasteiger partial charge < -0.3 is 20.7 Å². The number of ether oxygens (including phenoxy) is 1. The first-order valence-electron chi connectivity index (χ1n) is 8.35. The van der Waals surface area contributed by atoms with Crippen LogP contribution in [0.4, 0.5) is 4.79 Å². The normalized spacial score (nSPS) is 12.0. The Hall–Kier alpha value is -0.770. The Kier molecular flexibility index (Phi) is 14.3. The molecule has 0 fully saturated rings. The van der Waals surface area contributed by atoms with Crippen LogP contribution in [-0.4, -0.2) is 68.4 Å². The molecule has 0 aromatic heterocycles. The summed E-state index contributed by atoms with van der Waals surface area (Å²) >= 11 is 0. The number of likely N-dealkylation sites (N-methyl/N-ethyl adjacent to an activating group) is 1. The van der Waals surface area contributed by atoms with Crippen LogP contribution in [0.5, 0.6) is 0 Å². The summed E-state index contributed by atoms with van der Waals surface area (Å²) in [6.45, 7) is 16.0. The highest BCUT2D eigenvalue weighted by molar-refractivity contribution is 14.0. The molecule has 0 aromatic carbocycles. The Bertz CT molecular complexity index is 370. The molecule has 8 heteroatoms. The smallest absolute Gasteiger partial charge is 0.407 e. The predicted octanol–water partition coefficient (Wildman–Crippen LogP) is 2.02. The molecule has 24 heavy (non-hydrogen) atoms. The zero-order chi connectivity index (χ0) is 17.9. The molecule has 144 valence electrons. The highest BCUT2D eigenvalue weighted by Gasteiger charge is 2.15. The Morgan fingerprint density at radius 3 is 2.12 bits per heavy atom. The number of alkyl carbamates (subject to hydrolysis) is 1. The molecule has 7 nitrogen and oxygen atoms in total. The van der Waals surface area contributed by atoms with Gasteiger partial charge in [-0.15, -0.1) is 24.0 Å². The van der Waals surface area contributed by atoms with Gasteiger partial charge in [-0.2, -0.15) is 0 Å². The van der Waals surface area contributed by atoms with Crippen LogP contribution in [0.15, 0.2) is 4.99 Å². The van der Waals surface area contributed by atoms with E-state index >= 15 is 0 Å². The third-order valence-corrected chi connectivity index (χ3v) is 3.14. The zero-order valence-corrected chi connectivity index (χ0v) is 18.6. The second-order valence-electron chi connectivity index (χ2n) is 6.58. The molecule has 0 aliphatic carbocycles. The lowest BCUT2D eigenvalue weighted by Gasteiger charge is -2.25. The van der Waals surface area contributed by atoms with Crippen molar-refractivity contribution in [1.29, 1.82) is 0 Å². The lowest BCUT2D eigenvalue weighted by Crippen LogP contribution is -2.45. The van der Waals surface area contributed by atoms with E-state index in [2.05, 4.69) is 46.6 Å². The third kappa shape index (κ3) is 13.6. The molecule has 0 atom stereocenters. The van der Waals surface area contributed by atoms with Gasteiger partial charge in [-0.1, -0.05) is 6.92 Å². The number of aliphatic imine (C=N–C) groups is 1. The molecule has 0 radical (unpaired) electrons. The molecule has 0 heterocycles. The number of guanidine groups is 1. The standard InChI is InChI=1S/C16H35N5O2.HI/c1-8-21(13(2)3)12-11-19-14(17-7)18-9-10-20-15(22)23-16(4,5)6;/h13H,8-12H2,1-7H3,(H,20,22)(H2,17,18,19);1H. The van der Waals surface area contributed by atoms with Crippen LogP contribution in [0, 0.1) is 0 Å². The fourth-order valence-corrected chi connectivity index (χ4v) is 1.98. The zero-order valence-electron chi connectivity index (χ0n) is 16.2. The van der Waals surface area contributed by atoms with Crippen molar-refractivity contribution in [2.75, 3.05) is 39.8 Å². The Labute approximate surface area is 164 Å². The van der Waals surface area contributed by atoms with Crippen molar-refractivity contribution in [3.05, 3.63) is 0 Å². The van der Waals surface area contributed by atoms with Gasteiger partial charge in [0.05, 0.1) is 0 Å². The topological polar surface area (TPSA) is 78.0 Å². The lowest BCUT2D eigenvalue weighted by molar-refractivity contribution is 0.0529. The van der Waals surface area contributed by atoms with Gasteiger partial charge in [0.25, 0.3) is 0 Å². The van der Waals surface area contributed by atoms with Crippen LogP contribution >= 0.6 is 24.0 Å². The summed E-state index contributed by atoms with van der Waals surface area (Å²) in [4.78, 5) is 18.0. The summed E-state index contributed by atoms with van der Waals surface area (Å²) in [7, 11) is 1.73. The first-order valence-corrected chi connectivity index (χ1v) is 8.35. The minimum Gasteiger partial charge on any atom is -0.444 e. The largest absolute Gasteiger partial charge is 0.444 e. The van der Waals surface area contributed by atoms with Crippen molar-refractivity contribution in [2.24, 2.45) is 4.99 Å². The van der Waals surface area contributed by atoms with Gasteiger partial charge >= 0.3 is 6.09 Å². The number of hydrogen-bond donors (Lipinski definition) is 3. The van der Waals surface area contributed by atoms with E-state index in [9.17, 15) is 4.79 Å². The Balaban J connectivity index is 0. The molecule has 1 amide bonds. The van der Waals surface area contributed by atoms with Crippen molar-refractivity contribution in [3.63, 3.8) is 0 Å². The number of nitrogens with zero attached hydrogens (tertiary/aromatic N) is 2. The lowest BCUT2D eigenvalue weighted by atomic mass is 10.2. The van der Waals surface area contributed by atoms with Crippen LogP contribution in [0.1, 0.15) is 41.5 Å². The fraction of sp³-hybridized carbons (Fsp3) is 0.875. The molecule has 0 saturated heterocycles. The monoisotopic (exact) mass is 457 g/mol. The molecular weight excluding hydrogens is 421 g/mol. The van der Waals surface area contributed by atoms with Crippen LogP contribution in [0.25, 0.3) is 0 Å². The maximum absolute atomic E-state index is 11.5. The van der Waals surface area contributed by atoms with Crippen LogP contribution in [-0.2, 0) is 4.74 Å². The van der Waals surface area contributed by atoms with Crippen LogP contribution in [0.2, 0.25) is 0 Å². The molecule has 0 rings (SSSR count). The van der Waals surface area contributed by atoms with E-state index in [0.29, 0.717) is 19.1 Å². The van der Waals surface area contributed by atoms with E-state index in [4.69, 9.17) is 4.74 Å². The van der Waals surface area contributed by atoms with Crippen LogP contribution in [0.3, 0.4) is 0 Å². The van der Waals surface area contributed by atoms with Gasteiger partial charge in [0.15, 0.2) is 5.96 Å². The number of halogens is 1. The first-order chi connectivity index (χ1) is 10.7. The SMILES string of the molecule is CCN(CCNC(=NC)NCCNC(=O)OC(C)(C)C)C(C)C.I. The van der Waals surface area contributed by atoms with Gasteiger partial charge in [0.2, 0.25) is 0 Å². The minimum absolute atomic E-state index is 0. The predicted molar refractivity (Wildman–Crippen MR) is 111 cm³/mol. The number of hydrogen-bond acceptors (Lipinski definition) is 4. The van der Waals surface area contributed by atoms with Crippen molar-refractivity contribution in [1.82, 2.24) is 20.9 Å². The second kappa shape index (κ2) is 13.5. The second-order valence-corrected chi connectivity index (χ2v) is 6.58. The van der Waals surface area contributed by atoms with E-state index in [1.54, 1.807) is 7.05 Å². The molecule has 3 N–H and O–H groups in total. The van der Waals surface area contributed by atoms with E-state index in [0.717, 1.165) is 25.6 Å². The third-order valence-electron chi connectivity index (χ3n) is 3.14. The minimum atomic E-state index is -0.476. The summed E-state index contributed by atoms with van der Waals surface area (Å²) in [5, 5.41) is 9.13. The Morgan fingerprint density at radius 1 is 1.12 bits per heavy atom. The highest BCUT2D eigenvalue weighted by Crippen LogP contribution is 2.05. The number of carbonyl (C=O) groups is 1. The van der Waals surface area contributed by atoms with E-state index < -0.39 is 11.7 Å². The van der Waals surface area contributed by atoms with E-state index in [1.807, 2.05) is 20.8 Å². The number of rotatable bonds is 8. The molecule has 0 bridgehead atoms. The van der Waals surface area contributed by atoms with Crippen molar-refractivity contribution >= 4 is 36.0 Å². The summed E-state index contributed by atoms with van der Waals surface area (Å²) in [5.74, 6) is 0.732. The van der Waals surface area contributed by atoms with Gasteiger partial charge in [0, 0.05) is 39.3 Å². The highest BCUT2D eigenvalue weighted by atomic mass is 127. The van der Waals surface area contributed by atoms with Crippen molar-refractivity contribution in [3.8, 4) is 0 Å². The molecule has 0 spiro atoms. The van der Waals surface area contributed by atoms with Crippen molar-refractivity contribution in [2.45, 2.75) is 53.2 Å². The first kappa shape index (κ1) is 25.5. The fourth-order valence-electron chi connectivity index (χ4n) is 1.98. The van der Waals surface area contributed by atoms with Gasteiger partial charge in [-0.25, -0.2) is 4.79 Å². The number of amides is 1. The maximum atomic E-state index is 11.5. The number of carbonyl (C=O) groups excluding carboxylic acids is 1. The molecule has 0 unspecified atom stereocenters. The quantitative estimate of drug-likeness (QED) is 0.225. The summed E-state index contributed by atoms with van der Waals surface area (Å²) in [6, 6.07) is 0.537. The molecule has 0 aliphatic heterocycles. The number of nitrogens with one attached hydrogen (secondary N) is 3. The van der Waals surface area contributed by atoms with E-state index in [-0.39, 0.29) is 24.0 Å². The molecule has 0 aromatic rings. The molecule has 0 saturated carbocycles. The maximum Gasteiger partial charge on any atom is 0.407 e. The molecular formula is C16H36IN5O2. The summed E-state index contributed by atoms with van der Waals surface area (Å²) < 4.78 is 5.17. The van der Waals surface area contributed by atoms with Crippen LogP contribution < -0.4 is 16.0 Å². The average molecular weight is 457 g/mol. The molecule has 0 aliphatic rings. The van der Waals surface area contributed by atoms with Gasteiger partial charge in [-0.05, 0) is 41.2 Å². The Morgan fingerprint density at radius 2 is 1.67 bits per heavy atom. The average Bonchev–Trinajstić information content (AvgIpc) is 2.43. The van der Waals surface area contributed by atoms with Gasteiger partial charge in [-0.3, -0.25) is 9.89 Å². The summed E-state index contributed by atoms with van der Waals surface area (Å²) in [6.07, 6.45) is -0.405. The van der Waals surface area contributed by atoms with E-state index in [1.165, 1.54) is 0 Å². The van der Waals surface area contributed by atoms with Crippen molar-refractivity contribution < 1.29 is 9.53 Å².